The molecule has 0 rings (SSSR count). The van der Waals surface area contributed by atoms with Crippen molar-refractivity contribution in [1.29, 1.82) is 0 Å². The van der Waals surface area contributed by atoms with E-state index in [1.807, 2.05) is 0 Å². The van der Waals surface area contributed by atoms with Gasteiger partial charge < -0.3 is 33.2 Å². The average molecular weight is 210 g/mol. The van der Waals surface area contributed by atoms with Gasteiger partial charge in [0.25, 0.3) is 7.82 Å². The molecule has 0 aliphatic rings. The molecule has 0 amide bonds. The van der Waals surface area contributed by atoms with E-state index < -0.39 is 7.82 Å². The second-order valence-corrected chi connectivity index (χ2v) is 1.47. The molecule has 5 nitrogen and oxygen atoms in total. The van der Waals surface area contributed by atoms with Gasteiger partial charge in [-0.15, -0.1) is 12.4 Å². The summed E-state index contributed by atoms with van der Waals surface area (Å²) in [7, 11) is -4.89. The van der Waals surface area contributed by atoms with Gasteiger partial charge in [0, 0.05) is 0 Å². The van der Waals surface area contributed by atoms with E-state index in [2.05, 4.69) is 0 Å². The molecule has 0 aliphatic heterocycles. The Morgan fingerprint density at radius 3 is 1.33 bits per heavy atom. The van der Waals surface area contributed by atoms with Gasteiger partial charge in [-0.3, -0.25) is 4.57 Å². The Balaban J connectivity index is -0.0000000133. The minimum atomic E-state index is -4.89. The van der Waals surface area contributed by atoms with Crippen LogP contribution in [-0.2, 0) is 4.57 Å². The van der Waals surface area contributed by atoms with Crippen molar-refractivity contribution in [2.24, 2.45) is 0 Å². The average Bonchev–Trinajstić information content (AvgIpc) is 0.722. The molecule has 56 valence electrons. The zero-order chi connectivity index (χ0) is 4.50. The third-order valence-corrected chi connectivity index (χ3v) is 0. The van der Waals surface area contributed by atoms with E-state index in [1.54, 1.807) is 0 Å². The van der Waals surface area contributed by atoms with E-state index >= 15 is 0 Å². The van der Waals surface area contributed by atoms with E-state index in [0.717, 1.165) is 0 Å². The number of hydrogen-bond acceptors (Lipinski definition) is 3. The van der Waals surface area contributed by atoms with Crippen molar-refractivity contribution in [3.63, 3.8) is 0 Å². The fourth-order valence-corrected chi connectivity index (χ4v) is 0. The van der Waals surface area contributed by atoms with Crippen molar-refractivity contribution < 1.29 is 31.7 Å². The van der Waals surface area contributed by atoms with Crippen LogP contribution in [0.4, 0.5) is 0 Å². The summed E-state index contributed by atoms with van der Waals surface area (Å²) in [4.78, 5) is 22.9. The van der Waals surface area contributed by atoms with Crippen LogP contribution in [0.3, 0.4) is 0 Å². The largest absolute Gasteiger partial charge is 2.00 e. The van der Waals surface area contributed by atoms with Gasteiger partial charge in [0.05, 0.1) is 0 Å². The fraction of sp³-hybridized carbons (Fsp3) is 0. The molecule has 0 saturated carbocycles. The summed E-state index contributed by atoms with van der Waals surface area (Å²) in [5.74, 6) is 0. The summed E-state index contributed by atoms with van der Waals surface area (Å²) >= 11 is 0. The predicted molar refractivity (Wildman–Crippen MR) is 30.1 cm³/mol. The Labute approximate surface area is 81.0 Å². The number of halogens is 2. The maximum Gasteiger partial charge on any atom is 2.00 e. The number of phosphoric acid groups is 1. The molecule has 0 spiro atoms. The molecular formula is H6Cl2MgNO4P. The van der Waals surface area contributed by atoms with Crippen LogP contribution < -0.4 is 23.5 Å². The molecule has 0 fully saturated rings. The van der Waals surface area contributed by atoms with Gasteiger partial charge >= 0.3 is 23.1 Å². The van der Waals surface area contributed by atoms with E-state index in [0.29, 0.717) is 0 Å². The molecule has 0 radical (unpaired) electrons. The molecule has 5 N–H and O–H groups in total. The van der Waals surface area contributed by atoms with Crippen LogP contribution in [-0.4, -0.2) is 32.8 Å². The van der Waals surface area contributed by atoms with Crippen LogP contribution in [0.5, 0.6) is 0 Å². The third kappa shape index (κ3) is 258. The minimum absolute atomic E-state index is 0. The van der Waals surface area contributed by atoms with Gasteiger partial charge in [-0.05, 0) is 0 Å². The first kappa shape index (κ1) is 31.5. The van der Waals surface area contributed by atoms with Crippen LogP contribution >= 0.6 is 20.2 Å². The Bertz CT molecular complexity index is 64.7. The van der Waals surface area contributed by atoms with Crippen molar-refractivity contribution in [3.05, 3.63) is 0 Å². The first-order valence-electron chi connectivity index (χ1n) is 0.765. The molecule has 0 unspecified atom stereocenters. The van der Waals surface area contributed by atoms with Crippen molar-refractivity contribution in [3.8, 4) is 0 Å². The molecule has 0 aromatic rings. The standard InChI is InChI=1S/2ClH.Mg.H3N.H3O4P/c;;;;1-5(2,3)4/h2*1H;;1H3;(H3,1,2,3,4)/q;;+2;;/p-2. The van der Waals surface area contributed by atoms with Gasteiger partial charge in [0.1, 0.15) is 0 Å². The molecule has 0 heterocycles. The summed E-state index contributed by atoms with van der Waals surface area (Å²) in [5, 5.41) is 0. The molecule has 9 heavy (non-hydrogen) atoms. The second kappa shape index (κ2) is 12.1. The molecule has 0 aromatic carbocycles. The summed E-state index contributed by atoms with van der Waals surface area (Å²) < 4.78 is 8.77. The Morgan fingerprint density at radius 1 is 1.33 bits per heavy atom. The van der Waals surface area contributed by atoms with Gasteiger partial charge in [-0.2, -0.15) is 0 Å². The van der Waals surface area contributed by atoms with Crippen molar-refractivity contribution in [2.75, 3.05) is 0 Å². The topological polar surface area (TPSA) is 116 Å². The van der Waals surface area contributed by atoms with E-state index in [9.17, 15) is 0 Å². The summed E-state index contributed by atoms with van der Waals surface area (Å²) in [6.45, 7) is 0. The van der Waals surface area contributed by atoms with Gasteiger partial charge in [0.15, 0.2) is 0 Å². The monoisotopic (exact) mass is 209 g/mol. The van der Waals surface area contributed by atoms with Crippen LogP contribution in [0.25, 0.3) is 0 Å². The minimum Gasteiger partial charge on any atom is -1.00 e. The zero-order valence-electron chi connectivity index (χ0n) is 4.36. The molecule has 0 bridgehead atoms. The molecule has 0 aliphatic carbocycles. The second-order valence-electron chi connectivity index (χ2n) is 0.491. The van der Waals surface area contributed by atoms with Crippen molar-refractivity contribution >= 4 is 43.3 Å². The summed E-state index contributed by atoms with van der Waals surface area (Å²) in [6, 6.07) is 0. The van der Waals surface area contributed by atoms with Gasteiger partial charge in [0.2, 0.25) is 0 Å². The smallest absolute Gasteiger partial charge is 1.00 e. The molecule has 0 aromatic heterocycles. The number of hydrogen-bond donors (Lipinski definition) is 3. The maximum absolute atomic E-state index is 8.77. The normalized spacial score (nSPS) is 6.56. The maximum atomic E-state index is 8.77. The summed E-state index contributed by atoms with van der Waals surface area (Å²) in [5.41, 5.74) is 0. The van der Waals surface area contributed by atoms with Crippen LogP contribution in [0.2, 0.25) is 0 Å². The van der Waals surface area contributed by atoms with Crippen molar-refractivity contribution in [2.45, 2.75) is 0 Å². The van der Waals surface area contributed by atoms with Crippen LogP contribution in [0, 0.1) is 0 Å². The Hall–Kier alpha value is 1.42. The van der Waals surface area contributed by atoms with Crippen LogP contribution in [0.1, 0.15) is 0 Å². The van der Waals surface area contributed by atoms with E-state index in [-0.39, 0.29) is 54.0 Å². The SMILES string of the molecule is Cl.N.O=P([O-])(O)O.[Cl-].[Mg+2]. The fourth-order valence-electron chi connectivity index (χ4n) is 0. The quantitative estimate of drug-likeness (QED) is 0.276. The third-order valence-electron chi connectivity index (χ3n) is 0. The Kier molecular flexibility index (Phi) is 42.4. The van der Waals surface area contributed by atoms with Crippen LogP contribution in [0.15, 0.2) is 0 Å². The number of rotatable bonds is 0. The van der Waals surface area contributed by atoms with Gasteiger partial charge in [-0.25, -0.2) is 0 Å². The first-order chi connectivity index (χ1) is 2.00. The molecule has 0 atom stereocenters. The van der Waals surface area contributed by atoms with Gasteiger partial charge in [-0.1, -0.05) is 0 Å². The molecular weight excluding hydrogens is 204 g/mol. The van der Waals surface area contributed by atoms with Crippen molar-refractivity contribution in [1.82, 2.24) is 6.15 Å². The predicted octanol–water partition coefficient (Wildman–Crippen LogP) is -4.35. The zero-order valence-corrected chi connectivity index (χ0v) is 8.24. The Morgan fingerprint density at radius 2 is 1.33 bits per heavy atom. The molecule has 9 heteroatoms. The summed E-state index contributed by atoms with van der Waals surface area (Å²) in [6.07, 6.45) is 0. The van der Waals surface area contributed by atoms with E-state index in [4.69, 9.17) is 19.2 Å². The van der Waals surface area contributed by atoms with E-state index in [1.165, 1.54) is 0 Å². The first-order valence-corrected chi connectivity index (χ1v) is 2.30. The molecule has 0 saturated heterocycles.